The Labute approximate surface area is 146 Å². The van der Waals surface area contributed by atoms with Crippen molar-refractivity contribution >= 4 is 10.9 Å². The number of hydrogen-bond donors (Lipinski definition) is 1. The highest BCUT2D eigenvalue weighted by molar-refractivity contribution is 5.81. The quantitative estimate of drug-likeness (QED) is 0.801. The topological polar surface area (TPSA) is 53.9 Å². The van der Waals surface area contributed by atoms with Crippen molar-refractivity contribution < 1.29 is 0 Å². The van der Waals surface area contributed by atoms with Crippen molar-refractivity contribution in [2.24, 2.45) is 7.05 Å². The van der Waals surface area contributed by atoms with E-state index in [0.717, 1.165) is 49.4 Å². The number of H-pyrrole nitrogens is 1. The van der Waals surface area contributed by atoms with E-state index in [-0.39, 0.29) is 5.56 Å². The van der Waals surface area contributed by atoms with Crippen LogP contribution in [0.1, 0.15) is 41.5 Å². The monoisotopic (exact) mass is 334 g/mol. The van der Waals surface area contributed by atoms with E-state index in [1.54, 1.807) is 0 Å². The van der Waals surface area contributed by atoms with Gasteiger partial charge in [-0.2, -0.15) is 0 Å². The van der Waals surface area contributed by atoms with Crippen LogP contribution in [0.3, 0.4) is 0 Å². The van der Waals surface area contributed by atoms with Crippen molar-refractivity contribution in [1.82, 2.24) is 19.4 Å². The largest absolute Gasteiger partial charge is 0.346 e. The number of hydrogen-bond acceptors (Lipinski definition) is 3. The molecule has 1 saturated carbocycles. The Morgan fingerprint density at radius 3 is 2.92 bits per heavy atom. The van der Waals surface area contributed by atoms with E-state index in [2.05, 4.69) is 51.8 Å². The van der Waals surface area contributed by atoms with Crippen molar-refractivity contribution in [3.05, 3.63) is 63.5 Å². The second kappa shape index (κ2) is 5.56. The van der Waals surface area contributed by atoms with E-state index in [1.165, 1.54) is 16.6 Å². The van der Waals surface area contributed by atoms with E-state index in [0.29, 0.717) is 12.5 Å². The number of rotatable bonds is 3. The molecule has 0 unspecified atom stereocenters. The number of benzene rings is 1. The maximum Gasteiger partial charge on any atom is 0.255 e. The van der Waals surface area contributed by atoms with Gasteiger partial charge in [0, 0.05) is 50.2 Å². The van der Waals surface area contributed by atoms with Crippen LogP contribution in [0.15, 0.2) is 35.1 Å². The molecule has 2 aliphatic rings. The third-order valence-corrected chi connectivity index (χ3v) is 5.57. The van der Waals surface area contributed by atoms with Gasteiger partial charge in [-0.15, -0.1) is 0 Å². The minimum Gasteiger partial charge on any atom is -0.346 e. The van der Waals surface area contributed by atoms with Crippen LogP contribution < -0.4 is 5.56 Å². The van der Waals surface area contributed by atoms with Crippen LogP contribution in [0.2, 0.25) is 0 Å². The number of nitrogens with zero attached hydrogens (tertiary/aromatic N) is 3. The van der Waals surface area contributed by atoms with Gasteiger partial charge in [-0.1, -0.05) is 18.2 Å². The summed E-state index contributed by atoms with van der Waals surface area (Å²) in [6, 6.07) is 10.7. The van der Waals surface area contributed by atoms with Crippen molar-refractivity contribution in [2.75, 3.05) is 6.54 Å². The van der Waals surface area contributed by atoms with Crippen molar-refractivity contribution in [1.29, 1.82) is 0 Å². The summed E-state index contributed by atoms with van der Waals surface area (Å²) in [5.74, 6) is 1.40. The van der Waals surface area contributed by atoms with E-state index in [4.69, 9.17) is 4.98 Å². The van der Waals surface area contributed by atoms with Crippen LogP contribution in [0.5, 0.6) is 0 Å². The predicted molar refractivity (Wildman–Crippen MR) is 97.6 cm³/mol. The summed E-state index contributed by atoms with van der Waals surface area (Å²) in [5.41, 5.74) is 4.47. The van der Waals surface area contributed by atoms with E-state index >= 15 is 0 Å². The molecule has 0 saturated heterocycles. The molecule has 3 heterocycles. The van der Waals surface area contributed by atoms with E-state index in [9.17, 15) is 4.79 Å². The van der Waals surface area contributed by atoms with Gasteiger partial charge in [0.05, 0.1) is 11.3 Å². The molecule has 1 fully saturated rings. The van der Waals surface area contributed by atoms with Crippen LogP contribution in [0.4, 0.5) is 0 Å². The van der Waals surface area contributed by atoms with Gasteiger partial charge < -0.3 is 9.55 Å². The molecule has 128 valence electrons. The summed E-state index contributed by atoms with van der Waals surface area (Å²) in [6.07, 6.45) is 3.19. The minimum absolute atomic E-state index is 0.0636. The van der Waals surface area contributed by atoms with Crippen molar-refractivity contribution in [3.63, 3.8) is 0 Å². The average Bonchev–Trinajstić information content (AvgIpc) is 3.42. The normalized spacial score (nSPS) is 17.8. The van der Waals surface area contributed by atoms with Crippen LogP contribution in [0, 0.1) is 0 Å². The van der Waals surface area contributed by atoms with Gasteiger partial charge in [-0.05, 0) is 30.4 Å². The zero-order valence-electron chi connectivity index (χ0n) is 14.5. The Hall–Kier alpha value is -2.40. The Morgan fingerprint density at radius 2 is 2.12 bits per heavy atom. The first-order valence-electron chi connectivity index (χ1n) is 9.06. The minimum atomic E-state index is 0.0636. The highest BCUT2D eigenvalue weighted by Crippen LogP contribution is 2.37. The number of nitrogens with one attached hydrogen (secondary N) is 1. The van der Waals surface area contributed by atoms with Gasteiger partial charge in [0.15, 0.2) is 0 Å². The highest BCUT2D eigenvalue weighted by atomic mass is 16.1. The first-order chi connectivity index (χ1) is 12.2. The number of aryl methyl sites for hydroxylation is 1. The molecule has 2 aromatic heterocycles. The Bertz CT molecular complexity index is 1010. The van der Waals surface area contributed by atoms with Crippen LogP contribution in [-0.4, -0.2) is 26.0 Å². The molecular formula is C20H22N4O. The maximum atomic E-state index is 12.5. The third kappa shape index (κ3) is 2.59. The summed E-state index contributed by atoms with van der Waals surface area (Å²) < 4.78 is 2.25. The highest BCUT2D eigenvalue weighted by Gasteiger charge is 2.29. The van der Waals surface area contributed by atoms with E-state index in [1.807, 2.05) is 0 Å². The summed E-state index contributed by atoms with van der Waals surface area (Å²) in [7, 11) is 2.12. The molecule has 0 atom stereocenters. The molecule has 1 aliphatic heterocycles. The zero-order valence-corrected chi connectivity index (χ0v) is 14.5. The lowest BCUT2D eigenvalue weighted by atomic mass is 10.1. The first-order valence-corrected chi connectivity index (χ1v) is 9.06. The van der Waals surface area contributed by atoms with Crippen LogP contribution in [-0.2, 0) is 26.6 Å². The molecule has 3 aromatic rings. The molecule has 1 aromatic carbocycles. The lowest BCUT2D eigenvalue weighted by Crippen LogP contribution is -2.36. The van der Waals surface area contributed by atoms with Gasteiger partial charge in [0.1, 0.15) is 5.82 Å². The molecule has 5 rings (SSSR count). The number of aromatic nitrogens is 3. The molecule has 0 spiro atoms. The summed E-state index contributed by atoms with van der Waals surface area (Å²) in [6.45, 7) is 2.49. The molecule has 1 N–H and O–H groups in total. The molecule has 0 amide bonds. The molecule has 5 heteroatoms. The van der Waals surface area contributed by atoms with Crippen molar-refractivity contribution in [2.45, 2.75) is 38.3 Å². The van der Waals surface area contributed by atoms with Gasteiger partial charge in [-0.3, -0.25) is 9.69 Å². The lowest BCUT2D eigenvalue weighted by molar-refractivity contribution is 0.236. The maximum absolute atomic E-state index is 12.5. The van der Waals surface area contributed by atoms with Gasteiger partial charge in [-0.25, -0.2) is 4.98 Å². The SMILES string of the molecule is Cn1c(CN2CCc3nc(C4CC4)[nH]c(=O)c3C2)cc2ccccc21. The second-order valence-corrected chi connectivity index (χ2v) is 7.36. The number of para-hydroxylation sites is 1. The summed E-state index contributed by atoms with van der Waals surface area (Å²) >= 11 is 0. The fourth-order valence-electron chi connectivity index (χ4n) is 3.91. The zero-order chi connectivity index (χ0) is 17.0. The molecular weight excluding hydrogens is 312 g/mol. The van der Waals surface area contributed by atoms with E-state index < -0.39 is 0 Å². The number of fused-ring (bicyclic) bond motifs is 2. The molecule has 5 nitrogen and oxygen atoms in total. The average molecular weight is 334 g/mol. The van der Waals surface area contributed by atoms with Gasteiger partial charge in [0.25, 0.3) is 5.56 Å². The van der Waals surface area contributed by atoms with Gasteiger partial charge >= 0.3 is 0 Å². The van der Waals surface area contributed by atoms with Crippen LogP contribution in [0.25, 0.3) is 10.9 Å². The Balaban J connectivity index is 1.41. The Morgan fingerprint density at radius 1 is 1.28 bits per heavy atom. The smallest absolute Gasteiger partial charge is 0.255 e. The molecule has 0 radical (unpaired) electrons. The Kier molecular flexibility index (Phi) is 3.31. The second-order valence-electron chi connectivity index (χ2n) is 7.36. The standard InChI is InChI=1S/C20H22N4O/c1-23-15(10-14-4-2-3-5-18(14)23)11-24-9-8-17-16(12-24)20(25)22-19(21-17)13-6-7-13/h2-5,10,13H,6-9,11-12H2,1H3,(H,21,22,25). The fourth-order valence-corrected chi connectivity index (χ4v) is 3.91. The lowest BCUT2D eigenvalue weighted by Gasteiger charge is -2.27. The summed E-state index contributed by atoms with van der Waals surface area (Å²) in [5, 5.41) is 1.27. The summed E-state index contributed by atoms with van der Waals surface area (Å²) in [4.78, 5) is 22.6. The first kappa shape index (κ1) is 14.9. The number of aromatic amines is 1. The third-order valence-electron chi connectivity index (χ3n) is 5.57. The molecule has 0 bridgehead atoms. The predicted octanol–water partition coefficient (Wildman–Crippen LogP) is 2.70. The molecule has 25 heavy (non-hydrogen) atoms. The van der Waals surface area contributed by atoms with Crippen molar-refractivity contribution in [3.8, 4) is 0 Å². The molecule has 1 aliphatic carbocycles. The van der Waals surface area contributed by atoms with Gasteiger partial charge in [0.2, 0.25) is 0 Å². The van der Waals surface area contributed by atoms with Crippen LogP contribution >= 0.6 is 0 Å². The fraction of sp³-hybridized carbons (Fsp3) is 0.400.